The minimum Gasteiger partial charge on any atom is -0.506 e. The molecule has 2 heterocycles. The van der Waals surface area contributed by atoms with Gasteiger partial charge in [-0.25, -0.2) is 4.98 Å². The van der Waals surface area contributed by atoms with E-state index in [2.05, 4.69) is 15.3 Å². The van der Waals surface area contributed by atoms with Crippen molar-refractivity contribution < 1.29 is 19.4 Å². The van der Waals surface area contributed by atoms with Crippen LogP contribution >= 0.6 is 11.6 Å². The van der Waals surface area contributed by atoms with Crippen molar-refractivity contribution in [2.75, 3.05) is 32.1 Å². The second-order valence-electron chi connectivity index (χ2n) is 5.41. The topological polar surface area (TPSA) is 96.8 Å². The molecule has 0 bridgehead atoms. The molecule has 1 saturated heterocycles. The van der Waals surface area contributed by atoms with Crippen molar-refractivity contribution in [2.45, 2.75) is 6.10 Å². The van der Waals surface area contributed by atoms with E-state index in [0.29, 0.717) is 30.4 Å². The zero-order chi connectivity index (χ0) is 17.8. The van der Waals surface area contributed by atoms with Gasteiger partial charge in [-0.15, -0.1) is 0 Å². The van der Waals surface area contributed by atoms with Crippen molar-refractivity contribution in [2.24, 2.45) is 0 Å². The summed E-state index contributed by atoms with van der Waals surface area (Å²) in [6.45, 7) is 1.48. The summed E-state index contributed by atoms with van der Waals surface area (Å²) in [6, 6.07) is 5.10. The number of phenolic OH excluding ortho intramolecular Hbond substituents is 1. The van der Waals surface area contributed by atoms with Gasteiger partial charge in [-0.3, -0.25) is 4.79 Å². The van der Waals surface area contributed by atoms with E-state index in [4.69, 9.17) is 21.1 Å². The lowest BCUT2D eigenvalue weighted by atomic mass is 10.1. The van der Waals surface area contributed by atoms with Gasteiger partial charge in [0.05, 0.1) is 32.1 Å². The number of phenols is 1. The lowest BCUT2D eigenvalue weighted by Crippen LogP contribution is -2.37. The molecule has 1 aliphatic rings. The molecule has 1 aliphatic heterocycles. The summed E-state index contributed by atoms with van der Waals surface area (Å²) in [6.07, 6.45) is 1.94. The summed E-state index contributed by atoms with van der Waals surface area (Å²) < 4.78 is 10.7. The van der Waals surface area contributed by atoms with Gasteiger partial charge in [0.25, 0.3) is 0 Å². The molecule has 3 rings (SSSR count). The quantitative estimate of drug-likeness (QED) is 0.619. The Balaban J connectivity index is 1.77. The number of morpholine rings is 1. The molecule has 0 saturated carbocycles. The molecule has 1 amide bonds. The Morgan fingerprint density at radius 3 is 3.08 bits per heavy atom. The fourth-order valence-corrected chi connectivity index (χ4v) is 2.66. The van der Waals surface area contributed by atoms with Crippen molar-refractivity contribution in [3.05, 3.63) is 35.0 Å². The van der Waals surface area contributed by atoms with Crippen LogP contribution in [0.5, 0.6) is 11.6 Å². The van der Waals surface area contributed by atoms with Crippen LogP contribution < -0.4 is 10.1 Å². The third-order valence-corrected chi connectivity index (χ3v) is 4.05. The smallest absolute Gasteiger partial charge is 0.237 e. The molecule has 9 heteroatoms. The fourth-order valence-electron chi connectivity index (χ4n) is 2.50. The van der Waals surface area contributed by atoms with Gasteiger partial charge < -0.3 is 24.8 Å². The summed E-state index contributed by atoms with van der Waals surface area (Å²) in [5.74, 6) is 0.493. The highest BCUT2D eigenvalue weighted by molar-refractivity contribution is 6.31. The van der Waals surface area contributed by atoms with Crippen molar-refractivity contribution in [1.29, 1.82) is 0 Å². The number of nitrogens with one attached hydrogen (secondary N) is 1. The Bertz CT molecular complexity index is 774. The molecule has 1 fully saturated rings. The van der Waals surface area contributed by atoms with Crippen LogP contribution in [0.2, 0.25) is 5.02 Å². The van der Waals surface area contributed by atoms with Crippen LogP contribution in [0.3, 0.4) is 0 Å². The molecule has 0 spiro atoms. The van der Waals surface area contributed by atoms with E-state index in [-0.39, 0.29) is 23.7 Å². The van der Waals surface area contributed by atoms with Crippen LogP contribution in [-0.2, 0) is 9.53 Å². The maximum Gasteiger partial charge on any atom is 0.237 e. The number of rotatable bonds is 5. The normalized spacial score (nSPS) is 17.2. The molecule has 2 N–H and O–H groups in total. The van der Waals surface area contributed by atoms with E-state index >= 15 is 0 Å². The zero-order valence-electron chi connectivity index (χ0n) is 13.5. The van der Waals surface area contributed by atoms with Crippen LogP contribution in [0.25, 0.3) is 0 Å². The summed E-state index contributed by atoms with van der Waals surface area (Å²) >= 11 is 5.89. The Morgan fingerprint density at radius 1 is 1.52 bits per heavy atom. The number of methoxy groups -OCH3 is 1. The minimum absolute atomic E-state index is 0.0156. The number of ether oxygens (including phenoxy) is 2. The molecular formula is C16H17ClN4O4. The number of hydrogen-bond donors (Lipinski definition) is 2. The van der Waals surface area contributed by atoms with Crippen molar-refractivity contribution in [3.63, 3.8) is 0 Å². The molecule has 1 aromatic carbocycles. The molecule has 1 unspecified atom stereocenters. The number of anilines is 2. The first-order valence-corrected chi connectivity index (χ1v) is 7.96. The van der Waals surface area contributed by atoms with Crippen molar-refractivity contribution >= 4 is 29.6 Å². The first-order valence-electron chi connectivity index (χ1n) is 7.58. The van der Waals surface area contributed by atoms with Gasteiger partial charge in [-0.2, -0.15) is 4.98 Å². The van der Waals surface area contributed by atoms with Crippen LogP contribution in [0.4, 0.5) is 11.6 Å². The van der Waals surface area contributed by atoms with E-state index in [0.717, 1.165) is 12.0 Å². The highest BCUT2D eigenvalue weighted by atomic mass is 35.5. The Labute approximate surface area is 149 Å². The molecule has 2 aromatic rings. The Kier molecular flexibility index (Phi) is 5.20. The van der Waals surface area contributed by atoms with Gasteiger partial charge in [0.2, 0.25) is 18.2 Å². The Hall–Kier alpha value is -2.58. The van der Waals surface area contributed by atoms with E-state index in [1.54, 1.807) is 17.0 Å². The number of carbonyl (C=O) groups excluding carboxylic acids is 1. The number of nitrogens with zero attached hydrogens (tertiary/aromatic N) is 3. The van der Waals surface area contributed by atoms with E-state index < -0.39 is 0 Å². The molecule has 0 radical (unpaired) electrons. The second-order valence-corrected chi connectivity index (χ2v) is 5.82. The van der Waals surface area contributed by atoms with Crippen LogP contribution in [0.15, 0.2) is 24.4 Å². The lowest BCUT2D eigenvalue weighted by Gasteiger charge is -2.30. The molecule has 1 aromatic heterocycles. The number of halogens is 1. The number of aromatic hydroxyl groups is 1. The molecule has 8 nitrogen and oxygen atoms in total. The fraction of sp³-hybridized carbons (Fsp3) is 0.312. The standard InChI is InChI=1S/C16H17ClN4O4/c1-24-15-11(17)7-18-16(20-15)19-12-3-2-10(6-13(12)23)14-8-21(9-22)4-5-25-14/h2-3,6-7,9,14,23H,4-5,8H2,1H3,(H,18,19,20). The predicted molar refractivity (Wildman–Crippen MR) is 91.3 cm³/mol. The Morgan fingerprint density at radius 2 is 2.36 bits per heavy atom. The monoisotopic (exact) mass is 364 g/mol. The highest BCUT2D eigenvalue weighted by Gasteiger charge is 2.22. The molecule has 0 aliphatic carbocycles. The molecular weight excluding hydrogens is 348 g/mol. The SMILES string of the molecule is COc1nc(Nc2ccc(C3CN(C=O)CCO3)cc2O)ncc1Cl. The highest BCUT2D eigenvalue weighted by Crippen LogP contribution is 2.32. The van der Waals surface area contributed by atoms with Crippen LogP contribution in [0, 0.1) is 0 Å². The largest absolute Gasteiger partial charge is 0.506 e. The van der Waals surface area contributed by atoms with E-state index in [1.807, 2.05) is 6.07 Å². The summed E-state index contributed by atoms with van der Waals surface area (Å²) in [7, 11) is 1.46. The second kappa shape index (κ2) is 7.54. The van der Waals surface area contributed by atoms with Gasteiger partial charge >= 0.3 is 0 Å². The van der Waals surface area contributed by atoms with Gasteiger partial charge in [0, 0.05) is 6.54 Å². The van der Waals surface area contributed by atoms with Crippen molar-refractivity contribution in [3.8, 4) is 11.6 Å². The molecule has 132 valence electrons. The number of amides is 1. The summed E-state index contributed by atoms with van der Waals surface area (Å²) in [5, 5.41) is 13.5. The molecule has 1 atom stereocenters. The number of hydrogen-bond acceptors (Lipinski definition) is 7. The van der Waals surface area contributed by atoms with Gasteiger partial charge in [0.1, 0.15) is 16.9 Å². The maximum atomic E-state index is 10.9. The van der Waals surface area contributed by atoms with Gasteiger partial charge in [0.15, 0.2) is 0 Å². The average Bonchev–Trinajstić information content (AvgIpc) is 2.64. The van der Waals surface area contributed by atoms with E-state index in [9.17, 15) is 9.90 Å². The summed E-state index contributed by atoms with van der Waals surface area (Å²) in [4.78, 5) is 20.7. The third kappa shape index (κ3) is 3.92. The molecule has 25 heavy (non-hydrogen) atoms. The maximum absolute atomic E-state index is 10.9. The van der Waals surface area contributed by atoms with Crippen LogP contribution in [-0.4, -0.2) is 53.2 Å². The summed E-state index contributed by atoms with van der Waals surface area (Å²) in [5.41, 5.74) is 1.21. The average molecular weight is 365 g/mol. The predicted octanol–water partition coefficient (Wildman–Crippen LogP) is 2.12. The van der Waals surface area contributed by atoms with Crippen LogP contribution in [0.1, 0.15) is 11.7 Å². The zero-order valence-corrected chi connectivity index (χ0v) is 14.2. The third-order valence-electron chi connectivity index (χ3n) is 3.79. The van der Waals surface area contributed by atoms with Crippen molar-refractivity contribution in [1.82, 2.24) is 14.9 Å². The lowest BCUT2D eigenvalue weighted by molar-refractivity contribution is -0.125. The van der Waals surface area contributed by atoms with Gasteiger partial charge in [-0.05, 0) is 17.7 Å². The number of carbonyl (C=O) groups is 1. The first-order chi connectivity index (χ1) is 12.1. The minimum atomic E-state index is -0.272. The number of benzene rings is 1. The first kappa shape index (κ1) is 17.2. The van der Waals surface area contributed by atoms with Gasteiger partial charge in [-0.1, -0.05) is 17.7 Å². The van der Waals surface area contributed by atoms with E-state index in [1.165, 1.54) is 13.3 Å². The number of aromatic nitrogens is 2.